The average Bonchev–Trinajstić information content (AvgIpc) is 2.57. The van der Waals surface area contributed by atoms with Crippen LogP contribution in [0.3, 0.4) is 0 Å². The van der Waals surface area contributed by atoms with Crippen molar-refractivity contribution in [1.82, 2.24) is 9.78 Å². The van der Waals surface area contributed by atoms with Gasteiger partial charge in [-0.2, -0.15) is 18.3 Å². The number of ether oxygens (including phenoxy) is 1. The number of Topliss-reactive ketones (excluding diaryl/α,β-unsaturated/α-hetero) is 1. The van der Waals surface area contributed by atoms with Gasteiger partial charge in [0.05, 0.1) is 10.7 Å². The highest BCUT2D eigenvalue weighted by molar-refractivity contribution is 9.10. The molecular formula is C9H10BrF3N2O2. The number of ketones is 1. The fourth-order valence-corrected chi connectivity index (χ4v) is 1.72. The molecule has 0 fully saturated rings. The van der Waals surface area contributed by atoms with E-state index in [-0.39, 0.29) is 5.69 Å². The fraction of sp³-hybridized carbons (Fsp3) is 0.556. The molecule has 17 heavy (non-hydrogen) atoms. The maximum Gasteiger partial charge on any atom is 0.411 e. The van der Waals surface area contributed by atoms with Crippen LogP contribution in [0.1, 0.15) is 17.4 Å². The molecule has 0 aliphatic rings. The third kappa shape index (κ3) is 4.12. The Kier molecular flexibility index (Phi) is 4.70. The second-order valence-corrected chi connectivity index (χ2v) is 4.04. The average molecular weight is 315 g/mol. The van der Waals surface area contributed by atoms with Crippen molar-refractivity contribution in [3.8, 4) is 0 Å². The molecule has 0 amide bonds. The molecule has 0 unspecified atom stereocenters. The summed E-state index contributed by atoms with van der Waals surface area (Å²) in [7, 11) is 0. The Bertz CT molecular complexity index is 403. The lowest BCUT2D eigenvalue weighted by molar-refractivity contribution is -0.170. The quantitative estimate of drug-likeness (QED) is 0.784. The number of carbonyl (C=O) groups excluding carboxylic acids is 1. The minimum absolute atomic E-state index is 0.217. The molecule has 0 bridgehead atoms. The Morgan fingerprint density at radius 1 is 1.59 bits per heavy atom. The van der Waals surface area contributed by atoms with Gasteiger partial charge in [-0.25, -0.2) is 0 Å². The topological polar surface area (TPSA) is 44.1 Å². The Hall–Kier alpha value is -0.890. The summed E-state index contributed by atoms with van der Waals surface area (Å²) >= 11 is 3.11. The highest BCUT2D eigenvalue weighted by Gasteiger charge is 2.28. The molecule has 0 aliphatic carbocycles. The molecule has 0 atom stereocenters. The summed E-state index contributed by atoms with van der Waals surface area (Å²) in [6.45, 7) is 0.166. The number of halogens is 4. The van der Waals surface area contributed by atoms with Crippen molar-refractivity contribution in [2.45, 2.75) is 19.6 Å². The van der Waals surface area contributed by atoms with Crippen LogP contribution in [0.4, 0.5) is 13.2 Å². The number of rotatable bonds is 5. The molecular weight excluding hydrogens is 305 g/mol. The second-order valence-electron chi connectivity index (χ2n) is 3.19. The summed E-state index contributed by atoms with van der Waals surface area (Å²) in [6, 6.07) is 0. The molecule has 1 rings (SSSR count). The number of alkyl halides is 3. The van der Waals surface area contributed by atoms with E-state index in [1.807, 2.05) is 0 Å². The zero-order valence-corrected chi connectivity index (χ0v) is 10.5. The lowest BCUT2D eigenvalue weighted by Crippen LogP contribution is -2.22. The first-order valence-electron chi connectivity index (χ1n) is 4.74. The summed E-state index contributed by atoms with van der Waals surface area (Å²) in [4.78, 5) is 11.6. The van der Waals surface area contributed by atoms with E-state index < -0.39 is 25.2 Å². The van der Waals surface area contributed by atoms with Gasteiger partial charge in [0.15, 0.2) is 0 Å². The predicted molar refractivity (Wildman–Crippen MR) is 56.8 cm³/mol. The first-order valence-corrected chi connectivity index (χ1v) is 5.53. The molecule has 4 nitrogen and oxygen atoms in total. The van der Waals surface area contributed by atoms with Crippen molar-refractivity contribution in [2.24, 2.45) is 0 Å². The van der Waals surface area contributed by atoms with Gasteiger partial charge in [-0.15, -0.1) is 0 Å². The van der Waals surface area contributed by atoms with Crippen LogP contribution in [0.15, 0.2) is 10.7 Å². The van der Waals surface area contributed by atoms with Gasteiger partial charge in [0.1, 0.15) is 18.9 Å². The fourth-order valence-electron chi connectivity index (χ4n) is 1.21. The molecule has 0 radical (unpaired) electrons. The van der Waals surface area contributed by atoms with E-state index in [0.717, 1.165) is 0 Å². The minimum atomic E-state index is -4.43. The van der Waals surface area contributed by atoms with Crippen LogP contribution in [0.5, 0.6) is 0 Å². The van der Waals surface area contributed by atoms with Gasteiger partial charge < -0.3 is 4.74 Å². The standard InChI is InChI=1S/C9H10BrF3N2O2/c1-2-15-8(6(10)3-14-15)7(16)4-17-5-9(11,12)13/h3H,2,4-5H2,1H3. The van der Waals surface area contributed by atoms with Crippen LogP contribution in [0.25, 0.3) is 0 Å². The number of hydrogen-bond donors (Lipinski definition) is 0. The summed E-state index contributed by atoms with van der Waals surface area (Å²) in [5.74, 6) is -0.541. The normalized spacial score (nSPS) is 11.8. The number of aromatic nitrogens is 2. The van der Waals surface area contributed by atoms with Gasteiger partial charge in [-0.1, -0.05) is 0 Å². The second kappa shape index (κ2) is 5.63. The van der Waals surface area contributed by atoms with Crippen molar-refractivity contribution in [3.05, 3.63) is 16.4 Å². The SMILES string of the molecule is CCn1ncc(Br)c1C(=O)COCC(F)(F)F. The number of hydrogen-bond acceptors (Lipinski definition) is 3. The van der Waals surface area contributed by atoms with Crippen LogP contribution < -0.4 is 0 Å². The molecule has 1 heterocycles. The first kappa shape index (κ1) is 14.2. The lowest BCUT2D eigenvalue weighted by Gasteiger charge is -2.08. The van der Waals surface area contributed by atoms with Gasteiger partial charge in [0.25, 0.3) is 0 Å². The van der Waals surface area contributed by atoms with E-state index in [2.05, 4.69) is 25.8 Å². The Morgan fingerprint density at radius 3 is 2.76 bits per heavy atom. The molecule has 0 aliphatic heterocycles. The number of carbonyl (C=O) groups is 1. The van der Waals surface area contributed by atoms with Crippen molar-refractivity contribution < 1.29 is 22.7 Å². The molecule has 96 valence electrons. The lowest BCUT2D eigenvalue weighted by atomic mass is 10.3. The van der Waals surface area contributed by atoms with Crippen LogP contribution in [-0.4, -0.2) is 35.0 Å². The molecule has 1 aromatic rings. The minimum Gasteiger partial charge on any atom is -0.364 e. The van der Waals surface area contributed by atoms with Gasteiger partial charge in [0.2, 0.25) is 5.78 Å². The largest absolute Gasteiger partial charge is 0.411 e. The smallest absolute Gasteiger partial charge is 0.364 e. The van der Waals surface area contributed by atoms with Crippen molar-refractivity contribution in [3.63, 3.8) is 0 Å². The van der Waals surface area contributed by atoms with Crippen LogP contribution in [0.2, 0.25) is 0 Å². The molecule has 0 N–H and O–H groups in total. The number of nitrogens with zero attached hydrogens (tertiary/aromatic N) is 2. The summed E-state index contributed by atoms with van der Waals surface area (Å²) < 4.78 is 41.6. The third-order valence-electron chi connectivity index (χ3n) is 1.86. The highest BCUT2D eigenvalue weighted by Crippen LogP contribution is 2.18. The Balaban J connectivity index is 2.61. The molecule has 0 saturated heterocycles. The van der Waals surface area contributed by atoms with Crippen LogP contribution in [-0.2, 0) is 11.3 Å². The highest BCUT2D eigenvalue weighted by atomic mass is 79.9. The van der Waals surface area contributed by atoms with Crippen molar-refractivity contribution >= 4 is 21.7 Å². The van der Waals surface area contributed by atoms with E-state index in [0.29, 0.717) is 11.0 Å². The van der Waals surface area contributed by atoms with E-state index in [1.54, 1.807) is 6.92 Å². The van der Waals surface area contributed by atoms with Gasteiger partial charge >= 0.3 is 6.18 Å². The number of aryl methyl sites for hydroxylation is 1. The molecule has 0 saturated carbocycles. The molecule has 8 heteroatoms. The third-order valence-corrected chi connectivity index (χ3v) is 2.44. The van der Waals surface area contributed by atoms with Crippen LogP contribution >= 0.6 is 15.9 Å². The first-order chi connectivity index (χ1) is 7.85. The zero-order chi connectivity index (χ0) is 13.1. The molecule has 0 spiro atoms. The monoisotopic (exact) mass is 314 g/mol. The predicted octanol–water partition coefficient (Wildman–Crippen LogP) is 2.43. The Morgan fingerprint density at radius 2 is 2.24 bits per heavy atom. The maximum absolute atomic E-state index is 11.8. The van der Waals surface area contributed by atoms with Crippen molar-refractivity contribution in [1.29, 1.82) is 0 Å². The zero-order valence-electron chi connectivity index (χ0n) is 8.92. The summed E-state index contributed by atoms with van der Waals surface area (Å²) in [6.07, 6.45) is -3.01. The molecule has 0 aromatic carbocycles. The van der Waals surface area contributed by atoms with Crippen LogP contribution in [0, 0.1) is 0 Å². The van der Waals surface area contributed by atoms with Gasteiger partial charge in [-0.3, -0.25) is 9.48 Å². The Labute approximate surface area is 104 Å². The maximum atomic E-state index is 11.8. The van der Waals surface area contributed by atoms with E-state index in [4.69, 9.17) is 0 Å². The summed E-state index contributed by atoms with van der Waals surface area (Å²) in [5.41, 5.74) is 0.217. The molecule has 1 aromatic heterocycles. The van der Waals surface area contributed by atoms with Crippen molar-refractivity contribution in [2.75, 3.05) is 13.2 Å². The summed E-state index contributed by atoms with van der Waals surface area (Å²) in [5, 5.41) is 3.88. The van der Waals surface area contributed by atoms with Gasteiger partial charge in [0, 0.05) is 6.54 Å². The van der Waals surface area contributed by atoms with E-state index in [1.165, 1.54) is 10.9 Å². The van der Waals surface area contributed by atoms with E-state index >= 15 is 0 Å². The van der Waals surface area contributed by atoms with E-state index in [9.17, 15) is 18.0 Å². The van der Waals surface area contributed by atoms with Gasteiger partial charge in [-0.05, 0) is 22.9 Å².